The highest BCUT2D eigenvalue weighted by molar-refractivity contribution is 8.00. The summed E-state index contributed by atoms with van der Waals surface area (Å²) in [5.74, 6) is 0.426. The lowest BCUT2D eigenvalue weighted by Crippen LogP contribution is -2.39. The molecule has 0 aliphatic rings. The fraction of sp³-hybridized carbons (Fsp3) is 0.238. The van der Waals surface area contributed by atoms with E-state index in [1.165, 1.54) is 18.8 Å². The molecule has 0 aliphatic carbocycles. The Balaban J connectivity index is 1.87. The number of nitrogens with one attached hydrogen (secondary N) is 2. The number of nitrogens with zero attached hydrogens (tertiary/aromatic N) is 3. The van der Waals surface area contributed by atoms with Crippen molar-refractivity contribution in [3.63, 3.8) is 0 Å². The first-order chi connectivity index (χ1) is 14.1. The maximum absolute atomic E-state index is 12.8. The summed E-state index contributed by atoms with van der Waals surface area (Å²) in [5, 5.41) is 13.5. The van der Waals surface area contributed by atoms with Gasteiger partial charge in [0.05, 0.1) is 0 Å². The van der Waals surface area contributed by atoms with Crippen LogP contribution in [0.5, 0.6) is 0 Å². The summed E-state index contributed by atoms with van der Waals surface area (Å²) >= 11 is 1.28. The molecule has 0 fully saturated rings. The van der Waals surface area contributed by atoms with Crippen LogP contribution >= 0.6 is 11.8 Å². The van der Waals surface area contributed by atoms with Crippen LogP contribution in [0.2, 0.25) is 0 Å². The van der Waals surface area contributed by atoms with Crippen molar-refractivity contribution >= 4 is 23.7 Å². The van der Waals surface area contributed by atoms with Crippen LogP contribution in [0.25, 0.3) is 0 Å². The molecule has 0 saturated carbocycles. The molecule has 0 radical (unpaired) electrons. The smallest absolute Gasteiger partial charge is 0.321 e. The molecule has 2 N–H and O–H groups in total. The number of carbonyl (C=O) groups excluding carboxylic acids is 2. The first-order valence-corrected chi connectivity index (χ1v) is 10.2. The zero-order valence-electron chi connectivity index (χ0n) is 16.3. The van der Waals surface area contributed by atoms with E-state index in [4.69, 9.17) is 0 Å². The molecule has 2 aromatic carbocycles. The van der Waals surface area contributed by atoms with Gasteiger partial charge in [-0.05, 0) is 18.1 Å². The molecule has 0 saturated heterocycles. The zero-order chi connectivity index (χ0) is 20.6. The molecule has 1 heterocycles. The number of aromatic nitrogens is 3. The van der Waals surface area contributed by atoms with Crippen LogP contribution in [-0.4, -0.2) is 33.8 Å². The molecule has 0 unspecified atom stereocenters. The van der Waals surface area contributed by atoms with Crippen LogP contribution in [0.3, 0.4) is 0 Å². The molecule has 3 rings (SSSR count). The van der Waals surface area contributed by atoms with Crippen LogP contribution in [-0.2, 0) is 17.8 Å². The number of rotatable bonds is 7. The van der Waals surface area contributed by atoms with E-state index in [1.807, 2.05) is 72.2 Å². The third kappa shape index (κ3) is 5.23. The lowest BCUT2D eigenvalue weighted by Gasteiger charge is -2.16. The van der Waals surface area contributed by atoms with Crippen LogP contribution in [0.15, 0.2) is 65.8 Å². The summed E-state index contributed by atoms with van der Waals surface area (Å²) in [6, 6.07) is 18.8. The lowest BCUT2D eigenvalue weighted by molar-refractivity contribution is -0.119. The summed E-state index contributed by atoms with van der Waals surface area (Å²) in [6.45, 7) is 2.69. The van der Waals surface area contributed by atoms with Crippen molar-refractivity contribution in [3.05, 3.63) is 77.6 Å². The second-order valence-corrected chi connectivity index (χ2v) is 7.35. The molecule has 1 aromatic heterocycles. The van der Waals surface area contributed by atoms with E-state index in [1.54, 1.807) is 0 Å². The minimum atomic E-state index is -0.632. The third-order valence-corrected chi connectivity index (χ3v) is 5.58. The van der Waals surface area contributed by atoms with Crippen molar-refractivity contribution < 1.29 is 9.59 Å². The van der Waals surface area contributed by atoms with Crippen LogP contribution in [0.4, 0.5) is 4.79 Å². The van der Waals surface area contributed by atoms with Gasteiger partial charge >= 0.3 is 6.03 Å². The number of amides is 3. The second-order valence-electron chi connectivity index (χ2n) is 6.28. The van der Waals surface area contributed by atoms with Gasteiger partial charge in [0.25, 0.3) is 0 Å². The average Bonchev–Trinajstić information content (AvgIpc) is 3.14. The van der Waals surface area contributed by atoms with E-state index in [0.717, 1.165) is 17.0 Å². The normalized spacial score (nSPS) is 11.7. The van der Waals surface area contributed by atoms with Crippen LogP contribution in [0, 0.1) is 0 Å². The van der Waals surface area contributed by atoms with E-state index in [2.05, 4.69) is 20.8 Å². The minimum Gasteiger partial charge on any atom is -0.341 e. The molecule has 7 nitrogen and oxygen atoms in total. The predicted octanol–water partition coefficient (Wildman–Crippen LogP) is 3.18. The van der Waals surface area contributed by atoms with Crippen molar-refractivity contribution in [3.8, 4) is 0 Å². The van der Waals surface area contributed by atoms with E-state index in [-0.39, 0.29) is 0 Å². The summed E-state index contributed by atoms with van der Waals surface area (Å²) in [4.78, 5) is 24.4. The summed E-state index contributed by atoms with van der Waals surface area (Å²) in [7, 11) is 1.47. The van der Waals surface area contributed by atoms with Gasteiger partial charge in [0.15, 0.2) is 5.16 Å². The Morgan fingerprint density at radius 1 is 1.03 bits per heavy atom. The molecule has 3 aromatic rings. The van der Waals surface area contributed by atoms with Gasteiger partial charge < -0.3 is 9.88 Å². The van der Waals surface area contributed by atoms with Gasteiger partial charge in [-0.25, -0.2) is 4.79 Å². The number of imide groups is 1. The van der Waals surface area contributed by atoms with Gasteiger partial charge in [0, 0.05) is 20.0 Å². The average molecular weight is 410 g/mol. The summed E-state index contributed by atoms with van der Waals surface area (Å²) < 4.78 is 2.00. The molecule has 29 heavy (non-hydrogen) atoms. The Morgan fingerprint density at radius 3 is 2.31 bits per heavy atom. The number of benzene rings is 2. The van der Waals surface area contributed by atoms with Crippen molar-refractivity contribution in [2.45, 2.75) is 30.3 Å². The van der Waals surface area contributed by atoms with Crippen molar-refractivity contribution in [1.82, 2.24) is 25.4 Å². The Hall–Kier alpha value is -3.13. The van der Waals surface area contributed by atoms with E-state index >= 15 is 0 Å². The standard InChI is InChI=1S/C21H23N5O2S/c1-3-26-17(14-15-10-6-4-7-11-15)24-25-21(26)29-18(16-12-8-5-9-13-16)19(27)23-20(28)22-2/h4-13,18H,3,14H2,1-2H3,(H2,22,23,27,28)/t18-/m0/s1. The summed E-state index contributed by atoms with van der Waals surface area (Å²) in [5.41, 5.74) is 1.93. The first kappa shape index (κ1) is 20.6. The van der Waals surface area contributed by atoms with Gasteiger partial charge in [0.1, 0.15) is 11.1 Å². The SMILES string of the molecule is CCn1c(Cc2ccccc2)nnc1S[C@H](C(=O)NC(=O)NC)c1ccccc1. The molecule has 150 valence electrons. The lowest BCUT2D eigenvalue weighted by atomic mass is 10.1. The number of urea groups is 1. The molecule has 1 atom stereocenters. The molecule has 0 bridgehead atoms. The highest BCUT2D eigenvalue weighted by atomic mass is 32.2. The maximum atomic E-state index is 12.8. The predicted molar refractivity (Wildman–Crippen MR) is 113 cm³/mol. The Bertz CT molecular complexity index is 960. The number of hydrogen-bond donors (Lipinski definition) is 2. The molecule has 8 heteroatoms. The molecule has 0 aliphatic heterocycles. The topological polar surface area (TPSA) is 88.9 Å². The van der Waals surface area contributed by atoms with Gasteiger partial charge in [-0.3, -0.25) is 10.1 Å². The number of hydrogen-bond acceptors (Lipinski definition) is 5. The Kier molecular flexibility index (Phi) is 7.02. The van der Waals surface area contributed by atoms with E-state index < -0.39 is 17.2 Å². The third-order valence-electron chi connectivity index (χ3n) is 4.34. The molecule has 0 spiro atoms. The van der Waals surface area contributed by atoms with E-state index in [9.17, 15) is 9.59 Å². The van der Waals surface area contributed by atoms with Gasteiger partial charge in [-0.2, -0.15) is 0 Å². The zero-order valence-corrected chi connectivity index (χ0v) is 17.1. The molecular formula is C21H23N5O2S. The number of thioether (sulfide) groups is 1. The Labute approximate surface area is 173 Å². The fourth-order valence-corrected chi connectivity index (χ4v) is 4.00. The summed E-state index contributed by atoms with van der Waals surface area (Å²) in [6.07, 6.45) is 0.655. The highest BCUT2D eigenvalue weighted by Gasteiger charge is 2.26. The molecular weight excluding hydrogens is 386 g/mol. The maximum Gasteiger partial charge on any atom is 0.321 e. The number of carbonyl (C=O) groups is 2. The quantitative estimate of drug-likeness (QED) is 0.585. The fourth-order valence-electron chi connectivity index (χ4n) is 2.88. The van der Waals surface area contributed by atoms with Crippen LogP contribution in [0.1, 0.15) is 29.1 Å². The minimum absolute atomic E-state index is 0.407. The van der Waals surface area contributed by atoms with Gasteiger partial charge in [-0.15, -0.1) is 10.2 Å². The van der Waals surface area contributed by atoms with Crippen molar-refractivity contribution in [2.75, 3.05) is 7.05 Å². The van der Waals surface area contributed by atoms with Gasteiger partial charge in [-0.1, -0.05) is 72.4 Å². The van der Waals surface area contributed by atoms with E-state index in [0.29, 0.717) is 18.1 Å². The van der Waals surface area contributed by atoms with Gasteiger partial charge in [0.2, 0.25) is 5.91 Å². The van der Waals surface area contributed by atoms with Crippen molar-refractivity contribution in [2.24, 2.45) is 0 Å². The monoisotopic (exact) mass is 409 g/mol. The molecule has 3 amide bonds. The largest absolute Gasteiger partial charge is 0.341 e. The highest BCUT2D eigenvalue weighted by Crippen LogP contribution is 2.35. The van der Waals surface area contributed by atoms with Crippen LogP contribution < -0.4 is 10.6 Å². The Morgan fingerprint density at radius 2 is 1.69 bits per heavy atom. The van der Waals surface area contributed by atoms with Crippen molar-refractivity contribution in [1.29, 1.82) is 0 Å². The first-order valence-electron chi connectivity index (χ1n) is 9.32. The second kappa shape index (κ2) is 9.88.